The van der Waals surface area contributed by atoms with Gasteiger partial charge in [-0.15, -0.1) is 0 Å². The molecule has 116 valence electrons. The van der Waals surface area contributed by atoms with Gasteiger partial charge in [-0.05, 0) is 57.5 Å². The molecule has 3 N–H and O–H groups in total. The van der Waals surface area contributed by atoms with Crippen molar-refractivity contribution in [2.75, 3.05) is 44.3 Å². The number of nitrogens with one attached hydrogen (secondary N) is 1. The van der Waals surface area contributed by atoms with E-state index in [-0.39, 0.29) is 5.97 Å². The number of carbonyl (C=O) groups is 1. The summed E-state index contributed by atoms with van der Waals surface area (Å²) in [6, 6.07) is 5.33. The van der Waals surface area contributed by atoms with Gasteiger partial charge in [0.05, 0.1) is 12.2 Å². The molecule has 1 aromatic rings. The number of esters is 1. The third kappa shape index (κ3) is 4.36. The highest BCUT2D eigenvalue weighted by Crippen LogP contribution is 2.22. The van der Waals surface area contributed by atoms with E-state index in [9.17, 15) is 4.79 Å². The first kappa shape index (κ1) is 15.6. The summed E-state index contributed by atoms with van der Waals surface area (Å²) < 4.78 is 5.09. The minimum Gasteiger partial charge on any atom is -0.462 e. The van der Waals surface area contributed by atoms with Crippen molar-refractivity contribution in [3.05, 3.63) is 23.8 Å². The predicted molar refractivity (Wildman–Crippen MR) is 85.5 cm³/mol. The van der Waals surface area contributed by atoms with Crippen LogP contribution in [0, 0.1) is 5.92 Å². The van der Waals surface area contributed by atoms with E-state index in [1.165, 1.54) is 19.4 Å². The Morgan fingerprint density at radius 3 is 3.05 bits per heavy atom. The van der Waals surface area contributed by atoms with Crippen molar-refractivity contribution in [1.29, 1.82) is 0 Å². The molecule has 21 heavy (non-hydrogen) atoms. The first-order chi connectivity index (χ1) is 10.1. The Kier molecular flexibility index (Phi) is 5.44. The normalized spacial score (nSPS) is 19.2. The van der Waals surface area contributed by atoms with Gasteiger partial charge in [0.25, 0.3) is 0 Å². The average molecular weight is 291 g/mol. The van der Waals surface area contributed by atoms with Gasteiger partial charge < -0.3 is 20.7 Å². The van der Waals surface area contributed by atoms with Gasteiger partial charge in [0.1, 0.15) is 0 Å². The first-order valence-corrected chi connectivity index (χ1v) is 7.59. The monoisotopic (exact) mass is 291 g/mol. The number of rotatable bonds is 5. The summed E-state index contributed by atoms with van der Waals surface area (Å²) in [5.74, 6) is 0.282. The Morgan fingerprint density at radius 2 is 2.33 bits per heavy atom. The summed E-state index contributed by atoms with van der Waals surface area (Å²) in [4.78, 5) is 14.3. The van der Waals surface area contributed by atoms with E-state index in [1.54, 1.807) is 19.1 Å². The van der Waals surface area contributed by atoms with Gasteiger partial charge in [0.2, 0.25) is 0 Å². The van der Waals surface area contributed by atoms with E-state index in [0.717, 1.165) is 18.8 Å². The Labute approximate surface area is 126 Å². The van der Waals surface area contributed by atoms with Crippen LogP contribution in [-0.2, 0) is 4.74 Å². The molecule has 1 aromatic carbocycles. The molecule has 5 nitrogen and oxygen atoms in total. The lowest BCUT2D eigenvalue weighted by atomic mass is 9.98. The number of hydrogen-bond acceptors (Lipinski definition) is 5. The van der Waals surface area contributed by atoms with Crippen molar-refractivity contribution in [3.8, 4) is 0 Å². The fourth-order valence-corrected chi connectivity index (χ4v) is 2.79. The fraction of sp³-hybridized carbons (Fsp3) is 0.562. The average Bonchev–Trinajstić information content (AvgIpc) is 2.46. The summed E-state index contributed by atoms with van der Waals surface area (Å²) >= 11 is 0. The molecule has 5 heteroatoms. The van der Waals surface area contributed by atoms with Crippen molar-refractivity contribution in [3.63, 3.8) is 0 Å². The lowest BCUT2D eigenvalue weighted by Gasteiger charge is -2.30. The Balaban J connectivity index is 2.03. The molecular formula is C16H25N3O2. The lowest BCUT2D eigenvalue weighted by Crippen LogP contribution is -2.35. The molecule has 1 heterocycles. The highest BCUT2D eigenvalue weighted by atomic mass is 16.5. The molecule has 0 aromatic heterocycles. The number of nitrogen functional groups attached to an aromatic ring is 1. The van der Waals surface area contributed by atoms with E-state index in [0.29, 0.717) is 23.8 Å². The molecule has 0 radical (unpaired) electrons. The van der Waals surface area contributed by atoms with Crippen LogP contribution in [-0.4, -0.2) is 44.2 Å². The molecule has 1 unspecified atom stereocenters. The van der Waals surface area contributed by atoms with Crippen LogP contribution in [0.4, 0.5) is 11.4 Å². The highest BCUT2D eigenvalue weighted by molar-refractivity contribution is 5.96. The summed E-state index contributed by atoms with van der Waals surface area (Å²) in [6.07, 6.45) is 2.45. The smallest absolute Gasteiger partial charge is 0.340 e. The molecular weight excluding hydrogens is 266 g/mol. The number of nitrogens with zero attached hydrogens (tertiary/aromatic N) is 1. The topological polar surface area (TPSA) is 67.6 Å². The van der Waals surface area contributed by atoms with E-state index < -0.39 is 0 Å². The van der Waals surface area contributed by atoms with Gasteiger partial charge in [0, 0.05) is 24.5 Å². The van der Waals surface area contributed by atoms with Crippen LogP contribution in [0.2, 0.25) is 0 Å². The molecule has 0 spiro atoms. The van der Waals surface area contributed by atoms with Gasteiger partial charge in [0.15, 0.2) is 0 Å². The summed E-state index contributed by atoms with van der Waals surface area (Å²) in [7, 11) is 2.15. The highest BCUT2D eigenvalue weighted by Gasteiger charge is 2.18. The molecule has 0 saturated carbocycles. The molecule has 0 amide bonds. The second kappa shape index (κ2) is 7.31. The van der Waals surface area contributed by atoms with Crippen LogP contribution >= 0.6 is 0 Å². The van der Waals surface area contributed by atoms with Crippen molar-refractivity contribution in [1.82, 2.24) is 4.90 Å². The SMILES string of the molecule is CCOC(=O)c1cc(N)ccc1NCC1CCCN(C)C1. The van der Waals surface area contributed by atoms with Gasteiger partial charge in [-0.3, -0.25) is 0 Å². The molecule has 0 bridgehead atoms. The second-order valence-corrected chi connectivity index (χ2v) is 5.68. The van der Waals surface area contributed by atoms with Crippen LogP contribution in [0.15, 0.2) is 18.2 Å². The van der Waals surface area contributed by atoms with Crippen molar-refractivity contribution < 1.29 is 9.53 Å². The van der Waals surface area contributed by atoms with E-state index >= 15 is 0 Å². The van der Waals surface area contributed by atoms with E-state index in [1.807, 2.05) is 6.07 Å². The maximum atomic E-state index is 12.0. The lowest BCUT2D eigenvalue weighted by molar-refractivity contribution is 0.0527. The standard InChI is InChI=1S/C16H25N3O2/c1-3-21-16(20)14-9-13(17)6-7-15(14)18-10-12-5-4-8-19(2)11-12/h6-7,9,12,18H,3-5,8,10-11,17H2,1-2H3. The molecule has 1 fully saturated rings. The minimum atomic E-state index is -0.326. The number of ether oxygens (including phenoxy) is 1. The summed E-state index contributed by atoms with van der Waals surface area (Å²) in [6.45, 7) is 5.29. The summed E-state index contributed by atoms with van der Waals surface area (Å²) in [5, 5.41) is 3.39. The van der Waals surface area contributed by atoms with Gasteiger partial charge in [-0.2, -0.15) is 0 Å². The number of benzene rings is 1. The third-order valence-corrected chi connectivity index (χ3v) is 3.84. The van der Waals surface area contributed by atoms with Crippen LogP contribution in [0.1, 0.15) is 30.1 Å². The van der Waals surface area contributed by atoms with Crippen LogP contribution < -0.4 is 11.1 Å². The predicted octanol–water partition coefficient (Wildman–Crippen LogP) is 2.20. The number of likely N-dealkylation sites (tertiary alicyclic amines) is 1. The fourth-order valence-electron chi connectivity index (χ4n) is 2.79. The zero-order valence-electron chi connectivity index (χ0n) is 12.9. The van der Waals surface area contributed by atoms with Gasteiger partial charge >= 0.3 is 5.97 Å². The number of piperidine rings is 1. The first-order valence-electron chi connectivity index (χ1n) is 7.59. The van der Waals surface area contributed by atoms with Gasteiger partial charge in [-0.1, -0.05) is 0 Å². The van der Waals surface area contributed by atoms with Gasteiger partial charge in [-0.25, -0.2) is 4.79 Å². The van der Waals surface area contributed by atoms with Crippen LogP contribution in [0.25, 0.3) is 0 Å². The van der Waals surface area contributed by atoms with Crippen molar-refractivity contribution >= 4 is 17.3 Å². The number of nitrogens with two attached hydrogens (primary N) is 1. The largest absolute Gasteiger partial charge is 0.462 e. The van der Waals surface area contributed by atoms with Crippen LogP contribution in [0.5, 0.6) is 0 Å². The maximum absolute atomic E-state index is 12.0. The minimum absolute atomic E-state index is 0.326. The van der Waals surface area contributed by atoms with E-state index in [4.69, 9.17) is 10.5 Å². The maximum Gasteiger partial charge on any atom is 0.340 e. The van der Waals surface area contributed by atoms with Crippen molar-refractivity contribution in [2.45, 2.75) is 19.8 Å². The molecule has 1 saturated heterocycles. The Morgan fingerprint density at radius 1 is 1.52 bits per heavy atom. The molecule has 0 aliphatic carbocycles. The summed E-state index contributed by atoms with van der Waals surface area (Å²) in [5.41, 5.74) is 7.66. The van der Waals surface area contributed by atoms with Crippen LogP contribution in [0.3, 0.4) is 0 Å². The molecule has 2 rings (SSSR count). The Bertz CT molecular complexity index is 490. The number of anilines is 2. The second-order valence-electron chi connectivity index (χ2n) is 5.68. The molecule has 1 atom stereocenters. The van der Waals surface area contributed by atoms with E-state index in [2.05, 4.69) is 17.3 Å². The molecule has 1 aliphatic rings. The number of carbonyl (C=O) groups excluding carboxylic acids is 1. The Hall–Kier alpha value is -1.75. The zero-order valence-corrected chi connectivity index (χ0v) is 12.9. The quantitative estimate of drug-likeness (QED) is 0.643. The zero-order chi connectivity index (χ0) is 15.2. The third-order valence-electron chi connectivity index (χ3n) is 3.84. The van der Waals surface area contributed by atoms with Crippen molar-refractivity contribution in [2.24, 2.45) is 5.92 Å². The molecule has 1 aliphatic heterocycles. The number of hydrogen-bond donors (Lipinski definition) is 2.